The molecule has 0 aliphatic carbocycles. The van der Waals surface area contributed by atoms with Gasteiger partial charge in [0.25, 0.3) is 0 Å². The van der Waals surface area contributed by atoms with Crippen LogP contribution in [0.1, 0.15) is 46.0 Å². The van der Waals surface area contributed by atoms with Crippen LogP contribution in [0.4, 0.5) is 0 Å². The molecule has 2 aliphatic heterocycles. The topological polar surface area (TPSA) is 51.1 Å². The van der Waals surface area contributed by atoms with E-state index in [-0.39, 0.29) is 30.1 Å². The van der Waals surface area contributed by atoms with Gasteiger partial charge in [0.05, 0.1) is 6.10 Å². The third kappa shape index (κ3) is 7.56. The van der Waals surface area contributed by atoms with Crippen molar-refractivity contribution in [1.82, 2.24) is 15.1 Å². The molecule has 0 saturated carbocycles. The first-order chi connectivity index (χ1) is 10.7. The van der Waals surface area contributed by atoms with Crippen LogP contribution in [0.5, 0.6) is 0 Å². The number of halogens is 1. The average molecular weight is 438 g/mol. The molecule has 0 unspecified atom stereocenters. The van der Waals surface area contributed by atoms with Crippen LogP contribution < -0.4 is 5.32 Å². The van der Waals surface area contributed by atoms with Crippen molar-refractivity contribution in [2.45, 2.75) is 52.1 Å². The van der Waals surface area contributed by atoms with Crippen LogP contribution in [0.2, 0.25) is 0 Å². The van der Waals surface area contributed by atoms with Gasteiger partial charge in [0.15, 0.2) is 5.96 Å². The largest absolute Gasteiger partial charge is 0.393 e. The van der Waals surface area contributed by atoms with E-state index in [4.69, 9.17) is 4.99 Å². The van der Waals surface area contributed by atoms with Crippen LogP contribution in [0.15, 0.2) is 4.99 Å². The van der Waals surface area contributed by atoms with Crippen molar-refractivity contribution in [3.63, 3.8) is 0 Å². The molecule has 0 atom stereocenters. The molecule has 2 aliphatic rings. The Morgan fingerprint density at radius 2 is 1.78 bits per heavy atom. The quantitative estimate of drug-likeness (QED) is 0.299. The predicted molar refractivity (Wildman–Crippen MR) is 108 cm³/mol. The fourth-order valence-electron chi connectivity index (χ4n) is 3.27. The van der Waals surface area contributed by atoms with E-state index in [2.05, 4.69) is 29.0 Å². The summed E-state index contributed by atoms with van der Waals surface area (Å²) in [4.78, 5) is 9.69. The third-order valence-corrected chi connectivity index (χ3v) is 4.87. The first-order valence-corrected chi connectivity index (χ1v) is 9.12. The Labute approximate surface area is 158 Å². The van der Waals surface area contributed by atoms with Crippen molar-refractivity contribution < 1.29 is 5.11 Å². The molecule has 5 nitrogen and oxygen atoms in total. The van der Waals surface area contributed by atoms with E-state index in [0.29, 0.717) is 0 Å². The van der Waals surface area contributed by atoms with Crippen LogP contribution in [0, 0.1) is 5.92 Å². The lowest BCUT2D eigenvalue weighted by atomic mass is 10.00. The fourth-order valence-corrected chi connectivity index (χ4v) is 3.27. The minimum atomic E-state index is -0.0730. The lowest BCUT2D eigenvalue weighted by molar-refractivity contribution is 0.0824. The van der Waals surface area contributed by atoms with E-state index in [0.717, 1.165) is 77.0 Å². The van der Waals surface area contributed by atoms with Crippen LogP contribution in [0.25, 0.3) is 0 Å². The molecule has 2 rings (SSSR count). The summed E-state index contributed by atoms with van der Waals surface area (Å²) in [6.45, 7) is 11.8. The summed E-state index contributed by atoms with van der Waals surface area (Å²) in [5.74, 6) is 1.96. The summed E-state index contributed by atoms with van der Waals surface area (Å²) in [6, 6.07) is 0. The number of guanidine groups is 1. The molecule has 0 radical (unpaired) electrons. The van der Waals surface area contributed by atoms with Crippen LogP contribution >= 0.6 is 24.0 Å². The SMILES string of the molecule is CCNC(=NCCCN1CCC(O)CC1)N1CCC(C)CC1.I. The molecule has 136 valence electrons. The second kappa shape index (κ2) is 11.5. The number of hydrogen-bond acceptors (Lipinski definition) is 3. The lowest BCUT2D eigenvalue weighted by Gasteiger charge is -2.33. The van der Waals surface area contributed by atoms with Gasteiger partial charge in [0.2, 0.25) is 0 Å². The maximum atomic E-state index is 9.53. The second-order valence-corrected chi connectivity index (χ2v) is 6.83. The number of nitrogens with one attached hydrogen (secondary N) is 1. The lowest BCUT2D eigenvalue weighted by Crippen LogP contribution is -2.45. The van der Waals surface area contributed by atoms with Gasteiger partial charge in [0, 0.05) is 39.3 Å². The highest BCUT2D eigenvalue weighted by Crippen LogP contribution is 2.16. The molecule has 2 saturated heterocycles. The normalized spacial score (nSPS) is 22.0. The Balaban J connectivity index is 0.00000264. The van der Waals surface area contributed by atoms with Gasteiger partial charge in [-0.25, -0.2) is 0 Å². The van der Waals surface area contributed by atoms with Gasteiger partial charge in [-0.3, -0.25) is 4.99 Å². The van der Waals surface area contributed by atoms with Crippen molar-refractivity contribution in [3.8, 4) is 0 Å². The number of nitrogens with zero attached hydrogens (tertiary/aromatic N) is 3. The molecule has 0 spiro atoms. The van der Waals surface area contributed by atoms with Crippen molar-refractivity contribution >= 4 is 29.9 Å². The minimum Gasteiger partial charge on any atom is -0.393 e. The average Bonchev–Trinajstić information content (AvgIpc) is 2.53. The van der Waals surface area contributed by atoms with Crippen LogP contribution in [-0.2, 0) is 0 Å². The molecule has 0 bridgehead atoms. The van der Waals surface area contributed by atoms with Crippen LogP contribution in [-0.4, -0.2) is 72.8 Å². The summed E-state index contributed by atoms with van der Waals surface area (Å²) in [5.41, 5.74) is 0. The van der Waals surface area contributed by atoms with E-state index in [1.165, 1.54) is 12.8 Å². The smallest absolute Gasteiger partial charge is 0.193 e. The highest BCUT2D eigenvalue weighted by Gasteiger charge is 2.19. The maximum absolute atomic E-state index is 9.53. The Hall–Kier alpha value is -0.0800. The summed E-state index contributed by atoms with van der Waals surface area (Å²) in [7, 11) is 0. The second-order valence-electron chi connectivity index (χ2n) is 6.83. The molecule has 23 heavy (non-hydrogen) atoms. The van der Waals surface area contributed by atoms with Gasteiger partial charge >= 0.3 is 0 Å². The van der Waals surface area contributed by atoms with E-state index in [1.807, 2.05) is 0 Å². The number of piperidine rings is 2. The minimum absolute atomic E-state index is 0. The summed E-state index contributed by atoms with van der Waals surface area (Å²) >= 11 is 0. The number of aliphatic hydroxyl groups is 1. The zero-order chi connectivity index (χ0) is 15.8. The first kappa shape index (κ1) is 21.0. The van der Waals surface area contributed by atoms with E-state index in [1.54, 1.807) is 0 Å². The molecule has 6 heteroatoms. The Kier molecular flexibility index (Phi) is 10.5. The standard InChI is InChI=1S/C17H34N4O.HI/c1-3-18-17(21-13-5-15(2)6-14-21)19-9-4-10-20-11-7-16(22)8-12-20;/h15-16,22H,3-14H2,1-2H3,(H,18,19);1H. The number of likely N-dealkylation sites (tertiary alicyclic amines) is 2. The third-order valence-electron chi connectivity index (χ3n) is 4.87. The van der Waals surface area contributed by atoms with E-state index < -0.39 is 0 Å². The van der Waals surface area contributed by atoms with Gasteiger partial charge in [0.1, 0.15) is 0 Å². The van der Waals surface area contributed by atoms with Crippen molar-refractivity contribution in [3.05, 3.63) is 0 Å². The molecular weight excluding hydrogens is 403 g/mol. The van der Waals surface area contributed by atoms with Gasteiger partial charge in [-0.1, -0.05) is 6.92 Å². The van der Waals surface area contributed by atoms with Crippen molar-refractivity contribution in [2.75, 3.05) is 45.8 Å². The highest BCUT2D eigenvalue weighted by atomic mass is 127. The zero-order valence-corrected chi connectivity index (χ0v) is 17.2. The molecule has 2 fully saturated rings. The first-order valence-electron chi connectivity index (χ1n) is 9.12. The molecule has 0 aromatic carbocycles. The van der Waals surface area contributed by atoms with Gasteiger partial charge in [-0.05, 0) is 51.5 Å². The van der Waals surface area contributed by atoms with E-state index in [9.17, 15) is 5.11 Å². The van der Waals surface area contributed by atoms with Gasteiger partial charge in [-0.15, -0.1) is 24.0 Å². The number of aliphatic hydroxyl groups excluding tert-OH is 1. The maximum Gasteiger partial charge on any atom is 0.193 e. The summed E-state index contributed by atoms with van der Waals surface area (Å²) < 4.78 is 0. The summed E-state index contributed by atoms with van der Waals surface area (Å²) in [5, 5.41) is 13.0. The Bertz CT molecular complexity index is 337. The molecular formula is C17H35IN4O. The molecule has 0 aromatic heterocycles. The van der Waals surface area contributed by atoms with Crippen molar-refractivity contribution in [2.24, 2.45) is 10.9 Å². The Morgan fingerprint density at radius 3 is 2.39 bits per heavy atom. The number of aliphatic imine (C=N–C) groups is 1. The van der Waals surface area contributed by atoms with Gasteiger partial charge in [-0.2, -0.15) is 0 Å². The molecule has 2 heterocycles. The molecule has 0 aromatic rings. The monoisotopic (exact) mass is 438 g/mol. The number of hydrogen-bond donors (Lipinski definition) is 2. The highest BCUT2D eigenvalue weighted by molar-refractivity contribution is 14.0. The molecule has 2 N–H and O–H groups in total. The zero-order valence-electron chi connectivity index (χ0n) is 14.8. The molecule has 0 amide bonds. The fraction of sp³-hybridized carbons (Fsp3) is 0.941. The summed E-state index contributed by atoms with van der Waals surface area (Å²) in [6.07, 6.45) is 5.45. The van der Waals surface area contributed by atoms with Crippen LogP contribution in [0.3, 0.4) is 0 Å². The van der Waals surface area contributed by atoms with Crippen molar-refractivity contribution in [1.29, 1.82) is 0 Å². The van der Waals surface area contributed by atoms with Gasteiger partial charge < -0.3 is 20.2 Å². The Morgan fingerprint density at radius 1 is 1.13 bits per heavy atom. The van der Waals surface area contributed by atoms with E-state index >= 15 is 0 Å². The predicted octanol–water partition coefficient (Wildman–Crippen LogP) is 2.15. The number of rotatable bonds is 5.